The summed E-state index contributed by atoms with van der Waals surface area (Å²) in [6.07, 6.45) is 1.51. The van der Waals surface area contributed by atoms with Gasteiger partial charge in [-0.1, -0.05) is 12.1 Å². The van der Waals surface area contributed by atoms with Crippen molar-refractivity contribution in [3.05, 3.63) is 59.1 Å². The molecule has 0 saturated carbocycles. The van der Waals surface area contributed by atoms with Crippen LogP contribution in [0, 0.1) is 19.3 Å². The molecule has 27 heavy (non-hydrogen) atoms. The highest BCUT2D eigenvalue weighted by molar-refractivity contribution is 8.27. The van der Waals surface area contributed by atoms with Gasteiger partial charge in [-0.3, -0.25) is 10.2 Å². The molecule has 2 aromatic rings. The fraction of sp³-hybridized carbons (Fsp3) is 0.158. The van der Waals surface area contributed by atoms with Crippen molar-refractivity contribution in [1.29, 1.82) is 5.41 Å². The zero-order chi connectivity index (χ0) is 19.0. The van der Waals surface area contributed by atoms with Crippen molar-refractivity contribution >= 4 is 39.8 Å². The number of aliphatic imine (C=N–C) groups is 1. The van der Waals surface area contributed by atoms with E-state index in [4.69, 9.17) is 14.6 Å². The summed E-state index contributed by atoms with van der Waals surface area (Å²) in [5, 5.41) is 15.0. The highest BCUT2D eigenvalue weighted by atomic mass is 32.2. The van der Waals surface area contributed by atoms with Crippen molar-refractivity contribution in [2.24, 2.45) is 10.1 Å². The zero-order valence-corrected chi connectivity index (χ0v) is 15.5. The van der Waals surface area contributed by atoms with Crippen LogP contribution in [0.5, 0.6) is 5.75 Å². The van der Waals surface area contributed by atoms with Crippen molar-refractivity contribution in [3.8, 4) is 5.75 Å². The van der Waals surface area contributed by atoms with E-state index >= 15 is 0 Å². The van der Waals surface area contributed by atoms with E-state index < -0.39 is 5.91 Å². The van der Waals surface area contributed by atoms with Crippen molar-refractivity contribution < 1.29 is 13.9 Å². The van der Waals surface area contributed by atoms with Gasteiger partial charge in [-0.2, -0.15) is 15.1 Å². The van der Waals surface area contributed by atoms with Crippen LogP contribution in [0.4, 0.5) is 0 Å². The molecule has 0 radical (unpaired) electrons. The Labute approximate surface area is 159 Å². The maximum atomic E-state index is 12.3. The SMILES string of the molecule is Cc1cccc(OCC2=NN3C(=N)/C(=C\c4ccc(C)o4)C(=O)N=C3S2)c1. The number of hydrogen-bond donors (Lipinski definition) is 1. The van der Waals surface area contributed by atoms with Crippen molar-refractivity contribution in [2.75, 3.05) is 6.61 Å². The molecule has 0 fully saturated rings. The Morgan fingerprint density at radius 1 is 1.30 bits per heavy atom. The number of furan rings is 1. The number of aryl methyl sites for hydroxylation is 2. The molecule has 0 aliphatic carbocycles. The quantitative estimate of drug-likeness (QED) is 0.819. The Kier molecular flexibility index (Phi) is 4.41. The first-order valence-corrected chi connectivity index (χ1v) is 9.06. The Morgan fingerprint density at radius 2 is 2.15 bits per heavy atom. The molecule has 1 amide bonds. The number of rotatable bonds is 4. The minimum absolute atomic E-state index is 0.0305. The van der Waals surface area contributed by atoms with Crippen LogP contribution in [0.1, 0.15) is 17.1 Å². The van der Waals surface area contributed by atoms with Crippen LogP contribution < -0.4 is 4.74 Å². The summed E-state index contributed by atoms with van der Waals surface area (Å²) in [7, 11) is 0. The fourth-order valence-corrected chi connectivity index (χ4v) is 3.41. The van der Waals surface area contributed by atoms with Gasteiger partial charge < -0.3 is 9.15 Å². The van der Waals surface area contributed by atoms with Crippen LogP contribution in [0.2, 0.25) is 0 Å². The standard InChI is InChI=1S/C19H16N4O3S/c1-11-4-3-5-13(8-11)25-10-16-22-23-17(20)15(18(24)21-19(23)27-16)9-14-7-6-12(2)26-14/h3-9,20H,10H2,1-2H3/b15-9+,20-17?. The molecule has 136 valence electrons. The number of carbonyl (C=O) groups is 1. The van der Waals surface area contributed by atoms with Crippen molar-refractivity contribution in [3.63, 3.8) is 0 Å². The summed E-state index contributed by atoms with van der Waals surface area (Å²) in [6.45, 7) is 4.04. The van der Waals surface area contributed by atoms with E-state index in [1.807, 2.05) is 38.1 Å². The molecule has 1 aromatic carbocycles. The second-order valence-electron chi connectivity index (χ2n) is 6.07. The van der Waals surface area contributed by atoms with Gasteiger partial charge >= 0.3 is 0 Å². The number of benzene rings is 1. The Bertz CT molecular complexity index is 1040. The Morgan fingerprint density at radius 3 is 2.89 bits per heavy atom. The number of hydrazone groups is 1. The molecule has 7 nitrogen and oxygen atoms in total. The van der Waals surface area contributed by atoms with E-state index in [1.54, 1.807) is 12.1 Å². The molecule has 2 aliphatic rings. The summed E-state index contributed by atoms with van der Waals surface area (Å²) in [5.41, 5.74) is 1.24. The van der Waals surface area contributed by atoms with Gasteiger partial charge in [0.05, 0.1) is 5.57 Å². The lowest BCUT2D eigenvalue weighted by Crippen LogP contribution is -2.35. The van der Waals surface area contributed by atoms with Crippen LogP contribution >= 0.6 is 11.8 Å². The third-order valence-corrected chi connectivity index (χ3v) is 4.78. The van der Waals surface area contributed by atoms with E-state index in [9.17, 15) is 4.79 Å². The lowest BCUT2D eigenvalue weighted by molar-refractivity contribution is -0.114. The molecule has 3 heterocycles. The number of nitrogens with one attached hydrogen (secondary N) is 1. The van der Waals surface area contributed by atoms with Gasteiger partial charge in [0, 0.05) is 0 Å². The number of thioether (sulfide) groups is 1. The number of nitrogens with zero attached hydrogens (tertiary/aromatic N) is 3. The fourth-order valence-electron chi connectivity index (χ4n) is 2.61. The Balaban J connectivity index is 1.52. The van der Waals surface area contributed by atoms with E-state index in [2.05, 4.69) is 10.1 Å². The van der Waals surface area contributed by atoms with Gasteiger partial charge in [0.15, 0.2) is 5.84 Å². The van der Waals surface area contributed by atoms with Gasteiger partial charge in [0.2, 0.25) is 5.17 Å². The largest absolute Gasteiger partial charge is 0.487 e. The summed E-state index contributed by atoms with van der Waals surface area (Å²) >= 11 is 1.23. The van der Waals surface area contributed by atoms with Gasteiger partial charge in [-0.15, -0.1) is 0 Å². The molecule has 1 N–H and O–H groups in total. The molecule has 0 spiro atoms. The molecule has 0 atom stereocenters. The maximum absolute atomic E-state index is 12.3. The molecular weight excluding hydrogens is 364 g/mol. The molecule has 0 saturated heterocycles. The van der Waals surface area contributed by atoms with Crippen LogP contribution in [0.15, 0.2) is 56.5 Å². The third kappa shape index (κ3) is 3.56. The number of fused-ring (bicyclic) bond motifs is 1. The summed E-state index contributed by atoms with van der Waals surface area (Å²) in [6, 6.07) is 11.3. The smallest absolute Gasteiger partial charge is 0.283 e. The van der Waals surface area contributed by atoms with Crippen LogP contribution in [0.3, 0.4) is 0 Å². The minimum atomic E-state index is -0.483. The number of carbonyl (C=O) groups excluding carboxylic acids is 1. The summed E-state index contributed by atoms with van der Waals surface area (Å²) in [4.78, 5) is 16.4. The van der Waals surface area contributed by atoms with E-state index in [1.165, 1.54) is 22.8 Å². The van der Waals surface area contributed by atoms with Gasteiger partial charge in [-0.05, 0) is 61.5 Å². The Hall–Kier alpha value is -3.13. The summed E-state index contributed by atoms with van der Waals surface area (Å²) < 4.78 is 11.2. The molecule has 1 aromatic heterocycles. The normalized spacial score (nSPS) is 17.9. The average molecular weight is 380 g/mol. The van der Waals surface area contributed by atoms with E-state index in [0.717, 1.165) is 17.1 Å². The molecule has 4 rings (SSSR count). The molecule has 8 heteroatoms. The maximum Gasteiger partial charge on any atom is 0.283 e. The first kappa shape index (κ1) is 17.3. The van der Waals surface area contributed by atoms with Gasteiger partial charge in [0.25, 0.3) is 5.91 Å². The second kappa shape index (κ2) is 6.88. The number of ether oxygens (including phenoxy) is 1. The summed E-state index contributed by atoms with van der Waals surface area (Å²) in [5.74, 6) is 1.45. The average Bonchev–Trinajstić information content (AvgIpc) is 3.23. The van der Waals surface area contributed by atoms with E-state index in [-0.39, 0.29) is 18.0 Å². The molecule has 0 bridgehead atoms. The van der Waals surface area contributed by atoms with Crippen LogP contribution in [0.25, 0.3) is 6.08 Å². The monoisotopic (exact) mass is 380 g/mol. The second-order valence-corrected chi connectivity index (χ2v) is 7.11. The predicted molar refractivity (Wildman–Crippen MR) is 105 cm³/mol. The number of hydrogen-bond acceptors (Lipinski definition) is 6. The minimum Gasteiger partial charge on any atom is -0.487 e. The van der Waals surface area contributed by atoms with E-state index in [0.29, 0.717) is 16.0 Å². The van der Waals surface area contributed by atoms with Crippen LogP contribution in [-0.2, 0) is 4.79 Å². The molecule has 2 aliphatic heterocycles. The van der Waals surface area contributed by atoms with Crippen molar-refractivity contribution in [2.45, 2.75) is 13.8 Å². The highest BCUT2D eigenvalue weighted by Gasteiger charge is 2.35. The number of amides is 1. The molecular formula is C19H16N4O3S. The van der Waals surface area contributed by atoms with Crippen LogP contribution in [-0.4, -0.2) is 33.6 Å². The lowest BCUT2D eigenvalue weighted by Gasteiger charge is -2.19. The zero-order valence-electron chi connectivity index (χ0n) is 14.7. The highest BCUT2D eigenvalue weighted by Crippen LogP contribution is 2.29. The van der Waals surface area contributed by atoms with Gasteiger partial charge in [0.1, 0.15) is 28.9 Å². The third-order valence-electron chi connectivity index (χ3n) is 3.90. The van der Waals surface area contributed by atoms with Gasteiger partial charge in [-0.25, -0.2) is 0 Å². The topological polar surface area (TPSA) is 91.2 Å². The predicted octanol–water partition coefficient (Wildman–Crippen LogP) is 3.59. The van der Waals surface area contributed by atoms with Crippen molar-refractivity contribution in [1.82, 2.24) is 5.01 Å². The first-order valence-electron chi connectivity index (χ1n) is 8.24. The number of amidine groups is 2. The molecule has 0 unspecified atom stereocenters. The lowest BCUT2D eigenvalue weighted by atomic mass is 10.1. The first-order chi connectivity index (χ1) is 13.0.